The van der Waals surface area contributed by atoms with Crippen LogP contribution >= 0.6 is 0 Å². The van der Waals surface area contributed by atoms with E-state index in [9.17, 15) is 4.79 Å². The molecule has 0 aromatic carbocycles. The third-order valence-corrected chi connectivity index (χ3v) is 8.66. The standard InChI is InChI=1S/2C16H36N4.C3H7NO.3C2N3.ClHO4.2Ni/c2*1-13-11-15(3,4)19-10-8-18-14(2)12-16(5,6)20-9-7-17-13;1-4(2)3-5;3*3-1-5-2-4;2-1(3,4)5;;/h2*13-14,17-20H,7-12H2,1-6H3;3H,1-2H3;;;;(H,2,3,4,5);;/q;;;3*-1;;2*+2/p-1/t2*13-,14-;;;;;;;/m00......./s1. The molecular weight excluding hydrogens is 977 g/mol. The van der Waals surface area contributed by atoms with Gasteiger partial charge in [-0.15, -0.1) is 22.3 Å². The zero-order valence-corrected chi connectivity index (χ0v) is 44.6. The number of carbonyl (C=O) groups excluding carboxylic acids is 1. The number of rotatable bonds is 1. The summed E-state index contributed by atoms with van der Waals surface area (Å²) in [4.78, 5) is 16.0. The fraction of sp³-hybridized carbons (Fsp3) is 0.829. The van der Waals surface area contributed by atoms with Gasteiger partial charge in [0, 0.05) is 125 Å². The van der Waals surface area contributed by atoms with Crippen LogP contribution in [0.2, 0.25) is 0 Å². The molecule has 390 valence electrons. The fourth-order valence-electron chi connectivity index (χ4n) is 6.58. The van der Waals surface area contributed by atoms with Crippen molar-refractivity contribution in [3.63, 3.8) is 0 Å². The van der Waals surface area contributed by atoms with Crippen LogP contribution in [0.1, 0.15) is 109 Å². The van der Waals surface area contributed by atoms with Crippen LogP contribution in [0.4, 0.5) is 0 Å². The number of nitrogens with zero attached hydrogens (tertiary/aromatic N) is 10. The Balaban J connectivity index is -0.000000141. The van der Waals surface area contributed by atoms with Gasteiger partial charge in [-0.25, -0.2) is 18.6 Å². The molecule has 0 radical (unpaired) electrons. The molecule has 0 saturated carbocycles. The van der Waals surface area contributed by atoms with Crippen LogP contribution in [-0.4, -0.2) is 136 Å². The van der Waals surface area contributed by atoms with Gasteiger partial charge < -0.3 is 78.8 Å². The first kappa shape index (κ1) is 78.0. The minimum atomic E-state index is -4.94. The maximum absolute atomic E-state index is 9.43. The van der Waals surface area contributed by atoms with Crippen molar-refractivity contribution in [1.82, 2.24) is 47.4 Å². The number of hydrogen-bond donors (Lipinski definition) is 8. The number of nitrogens with one attached hydrogen (secondary N) is 8. The minimum Gasteiger partial charge on any atom is -0.422 e. The van der Waals surface area contributed by atoms with Crippen molar-refractivity contribution in [2.45, 2.75) is 155 Å². The van der Waals surface area contributed by atoms with Crippen molar-refractivity contribution < 1.29 is 66.7 Å². The van der Waals surface area contributed by atoms with Crippen LogP contribution in [0.25, 0.3) is 16.1 Å². The first-order valence-corrected chi connectivity index (χ1v) is 22.3. The second-order valence-corrected chi connectivity index (χ2v) is 18.6. The fourth-order valence-corrected chi connectivity index (χ4v) is 6.58. The van der Waals surface area contributed by atoms with E-state index in [4.69, 9.17) is 50.5 Å². The number of hydrogen-bond acceptors (Lipinski definition) is 19. The molecular formula is C41H79ClN18Ni2O5. The van der Waals surface area contributed by atoms with Gasteiger partial charge in [0.05, 0.1) is 12.4 Å². The van der Waals surface area contributed by atoms with Gasteiger partial charge in [-0.2, -0.15) is 10.5 Å². The molecule has 4 atom stereocenters. The molecule has 0 aromatic rings. The Bertz CT molecular complexity index is 1330. The van der Waals surface area contributed by atoms with E-state index in [1.807, 2.05) is 0 Å². The number of halogens is 1. The summed E-state index contributed by atoms with van der Waals surface area (Å²) in [6, 6.07) is 4.72. The summed E-state index contributed by atoms with van der Waals surface area (Å²) in [5.74, 6) is 0. The van der Waals surface area contributed by atoms with Crippen molar-refractivity contribution in [3.05, 3.63) is 16.1 Å². The van der Waals surface area contributed by atoms with Crippen molar-refractivity contribution in [2.75, 3.05) is 66.5 Å². The Labute approximate surface area is 424 Å². The number of aliphatic imine (C=N–C) groups is 2. The van der Waals surface area contributed by atoms with Gasteiger partial charge in [-0.3, -0.25) is 10.1 Å². The Kier molecular flexibility index (Phi) is 54.1. The van der Waals surface area contributed by atoms with Gasteiger partial charge in [0.1, 0.15) is 0 Å². The molecule has 1 amide bonds. The van der Waals surface area contributed by atoms with Crippen LogP contribution in [0.3, 0.4) is 0 Å². The molecule has 0 aliphatic carbocycles. The Morgan fingerprint density at radius 2 is 0.746 bits per heavy atom. The number of carbonyl (C=O) groups is 1. The van der Waals surface area contributed by atoms with Crippen LogP contribution in [0.5, 0.6) is 0 Å². The SMILES string of the molecule is CN(C)C=O.C[C@H]1CC(C)(C)NCCN[C@@H](C)CC(C)(C)NCCN1.C[C@H]1CC(C)(C)NCCN[C@@H](C)CC(C)(C)NCCN1.N#CN=C=[N-].N#CN=C=[N-].N#C[N-]C#N.[Ni+2].[Ni+2].[O-][Cl+3]([O-])([O-])[O-]. The zero-order valence-electron chi connectivity index (χ0n) is 41.9. The molecule has 0 unspecified atom stereocenters. The van der Waals surface area contributed by atoms with Crippen molar-refractivity contribution >= 4 is 18.4 Å². The van der Waals surface area contributed by atoms with E-state index in [2.05, 4.69) is 141 Å². The Hall–Kier alpha value is -3.21. The average Bonchev–Trinajstić information content (AvgIpc) is 3.16. The smallest absolute Gasteiger partial charge is 0.422 e. The molecule has 2 aliphatic heterocycles. The molecule has 0 spiro atoms. The molecule has 2 heterocycles. The largest absolute Gasteiger partial charge is 2.00 e. The van der Waals surface area contributed by atoms with Gasteiger partial charge in [0.15, 0.2) is 0 Å². The predicted molar refractivity (Wildman–Crippen MR) is 244 cm³/mol. The van der Waals surface area contributed by atoms with Crippen LogP contribution < -0.4 is 61.2 Å². The first-order chi connectivity index (χ1) is 29.9. The van der Waals surface area contributed by atoms with E-state index in [1.54, 1.807) is 14.1 Å². The van der Waals surface area contributed by atoms with E-state index in [0.717, 1.165) is 84.5 Å². The summed E-state index contributed by atoms with van der Waals surface area (Å²) < 4.78 is 34.0. The van der Waals surface area contributed by atoms with Crippen molar-refractivity contribution in [3.8, 4) is 24.8 Å². The summed E-state index contributed by atoms with van der Waals surface area (Å²) >= 11 is 0. The van der Waals surface area contributed by atoms with E-state index >= 15 is 0 Å². The van der Waals surface area contributed by atoms with Gasteiger partial charge in [-0.1, -0.05) is 0 Å². The summed E-state index contributed by atoms with van der Waals surface area (Å²) in [7, 11) is -1.57. The third-order valence-electron chi connectivity index (χ3n) is 8.66. The normalized spacial score (nSPS) is 22.1. The van der Waals surface area contributed by atoms with Crippen LogP contribution in [0, 0.1) is 56.1 Å². The maximum atomic E-state index is 9.43. The van der Waals surface area contributed by atoms with E-state index in [-0.39, 0.29) is 55.1 Å². The maximum Gasteiger partial charge on any atom is 2.00 e. The second-order valence-electron chi connectivity index (χ2n) is 17.9. The molecule has 8 N–H and O–H groups in total. The molecule has 26 heteroatoms. The first-order valence-electron chi connectivity index (χ1n) is 21.0. The van der Waals surface area contributed by atoms with Gasteiger partial charge in [-0.05, 0) is 109 Å². The van der Waals surface area contributed by atoms with Gasteiger partial charge in [0.2, 0.25) is 6.41 Å². The third kappa shape index (κ3) is 71.9. The molecule has 67 heavy (non-hydrogen) atoms. The second kappa shape index (κ2) is 46.5. The Morgan fingerprint density at radius 1 is 0.552 bits per heavy atom. The summed E-state index contributed by atoms with van der Waals surface area (Å²) in [6.45, 7) is 35.7. The Morgan fingerprint density at radius 3 is 0.851 bits per heavy atom. The molecule has 2 rings (SSSR count). The molecule has 2 aliphatic rings. The minimum absolute atomic E-state index is 0. The molecule has 0 aromatic heterocycles. The summed E-state index contributed by atoms with van der Waals surface area (Å²) in [5, 5.41) is 76.3. The van der Waals surface area contributed by atoms with Crippen molar-refractivity contribution in [1.29, 1.82) is 21.0 Å². The predicted octanol–water partition coefficient (Wildman–Crippen LogP) is -1.37. The average molecular weight is 1060 g/mol. The van der Waals surface area contributed by atoms with E-state index in [1.165, 1.54) is 41.7 Å². The topological polar surface area (TPSA) is 387 Å². The van der Waals surface area contributed by atoms with E-state index < -0.39 is 10.2 Å². The zero-order chi connectivity index (χ0) is 51.6. The quantitative estimate of drug-likeness (QED) is 0.0650. The monoisotopic (exact) mass is 1050 g/mol. The van der Waals surface area contributed by atoms with Gasteiger partial charge in [0.25, 0.3) is 0 Å². The van der Waals surface area contributed by atoms with Crippen LogP contribution in [-0.2, 0) is 37.8 Å². The molecule has 2 fully saturated rings. The van der Waals surface area contributed by atoms with Crippen LogP contribution in [0.15, 0.2) is 9.98 Å². The number of amides is 1. The summed E-state index contributed by atoms with van der Waals surface area (Å²) in [5.41, 5.74) is 0.755. The van der Waals surface area contributed by atoms with E-state index in [0.29, 0.717) is 24.2 Å². The van der Waals surface area contributed by atoms with Gasteiger partial charge >= 0.3 is 33.0 Å². The molecule has 0 bridgehead atoms. The summed E-state index contributed by atoms with van der Waals surface area (Å²) in [6.07, 6.45) is 10.5. The number of nitriles is 4. The molecule has 23 nitrogen and oxygen atoms in total. The van der Waals surface area contributed by atoms with Crippen molar-refractivity contribution in [2.24, 2.45) is 9.98 Å². The molecule has 2 saturated heterocycles.